The van der Waals surface area contributed by atoms with Gasteiger partial charge in [-0.2, -0.15) is 0 Å². The van der Waals surface area contributed by atoms with Crippen LogP contribution in [-0.4, -0.2) is 12.3 Å². The Hall–Kier alpha value is -2.07. The van der Waals surface area contributed by atoms with E-state index in [2.05, 4.69) is 24.5 Å². The van der Waals surface area contributed by atoms with Crippen LogP contribution in [-0.2, 0) is 0 Å². The first-order valence-corrected chi connectivity index (χ1v) is 8.44. The zero-order valence-electron chi connectivity index (χ0n) is 13.1. The lowest BCUT2D eigenvalue weighted by molar-refractivity contribution is 0.104. The van der Waals surface area contributed by atoms with Gasteiger partial charge in [-0.05, 0) is 36.9 Å². The summed E-state index contributed by atoms with van der Waals surface area (Å²) in [6.45, 7) is 5.05. The van der Waals surface area contributed by atoms with Crippen molar-refractivity contribution in [3.63, 3.8) is 0 Å². The molecule has 1 aromatic heterocycles. The number of allylic oxidation sites excluding steroid dienone is 1. The highest BCUT2D eigenvalue weighted by atomic mass is 32.1. The highest BCUT2D eigenvalue weighted by Crippen LogP contribution is 2.13. The lowest BCUT2D eigenvalue weighted by atomic mass is 10.2. The fourth-order valence-electron chi connectivity index (χ4n) is 1.94. The molecular weight excluding hydrogens is 292 g/mol. The number of carbonyl (C=O) groups excluding carboxylic acids is 1. The SMILES string of the molecule is CCCCN/C(=C\C(=O)c1cccs1)Nc1ccc(C)cc1. The molecule has 0 fully saturated rings. The zero-order chi connectivity index (χ0) is 15.8. The summed E-state index contributed by atoms with van der Waals surface area (Å²) in [6.07, 6.45) is 3.82. The van der Waals surface area contributed by atoms with E-state index in [-0.39, 0.29) is 5.78 Å². The van der Waals surface area contributed by atoms with E-state index in [1.807, 2.05) is 41.8 Å². The summed E-state index contributed by atoms with van der Waals surface area (Å²) in [6, 6.07) is 11.9. The molecule has 0 atom stereocenters. The van der Waals surface area contributed by atoms with Crippen molar-refractivity contribution in [1.82, 2.24) is 5.32 Å². The van der Waals surface area contributed by atoms with E-state index < -0.39 is 0 Å². The van der Waals surface area contributed by atoms with Gasteiger partial charge in [0.15, 0.2) is 5.78 Å². The average molecular weight is 314 g/mol. The molecule has 0 saturated heterocycles. The molecular formula is C18H22N2OS. The second-order valence-corrected chi connectivity index (χ2v) is 6.12. The van der Waals surface area contributed by atoms with Crippen molar-refractivity contribution >= 4 is 22.8 Å². The number of carbonyl (C=O) groups is 1. The van der Waals surface area contributed by atoms with Crippen molar-refractivity contribution in [3.05, 3.63) is 64.1 Å². The summed E-state index contributed by atoms with van der Waals surface area (Å²) in [5.74, 6) is 0.768. The molecule has 2 N–H and O–H groups in total. The summed E-state index contributed by atoms with van der Waals surface area (Å²) in [5, 5.41) is 8.52. The first-order chi connectivity index (χ1) is 10.7. The van der Waals surface area contributed by atoms with Gasteiger partial charge in [-0.1, -0.05) is 37.1 Å². The van der Waals surface area contributed by atoms with Crippen LogP contribution < -0.4 is 10.6 Å². The van der Waals surface area contributed by atoms with Crippen LogP contribution in [0.1, 0.15) is 35.0 Å². The maximum Gasteiger partial charge on any atom is 0.199 e. The smallest absolute Gasteiger partial charge is 0.199 e. The minimum absolute atomic E-state index is 0.0219. The van der Waals surface area contributed by atoms with E-state index in [9.17, 15) is 4.79 Å². The van der Waals surface area contributed by atoms with Gasteiger partial charge in [-0.3, -0.25) is 4.79 Å². The Morgan fingerprint density at radius 1 is 1.23 bits per heavy atom. The summed E-state index contributed by atoms with van der Waals surface area (Å²) in [7, 11) is 0. The van der Waals surface area contributed by atoms with Crippen molar-refractivity contribution in [2.24, 2.45) is 0 Å². The predicted molar refractivity (Wildman–Crippen MR) is 94.4 cm³/mol. The minimum atomic E-state index is 0.0219. The van der Waals surface area contributed by atoms with E-state index in [4.69, 9.17) is 0 Å². The van der Waals surface area contributed by atoms with E-state index >= 15 is 0 Å². The van der Waals surface area contributed by atoms with E-state index in [1.165, 1.54) is 16.9 Å². The number of thiophene rings is 1. The number of nitrogens with one attached hydrogen (secondary N) is 2. The second-order valence-electron chi connectivity index (χ2n) is 5.17. The summed E-state index contributed by atoms with van der Waals surface area (Å²) in [4.78, 5) is 13.0. The van der Waals surface area contributed by atoms with E-state index in [0.29, 0.717) is 0 Å². The van der Waals surface area contributed by atoms with Crippen LogP contribution in [0, 0.1) is 6.92 Å². The lowest BCUT2D eigenvalue weighted by Gasteiger charge is -2.13. The Kier molecular flexibility index (Phi) is 6.22. The van der Waals surface area contributed by atoms with Gasteiger partial charge in [0.2, 0.25) is 0 Å². The molecule has 0 aliphatic rings. The predicted octanol–water partition coefficient (Wildman–Crippen LogP) is 4.58. The van der Waals surface area contributed by atoms with Gasteiger partial charge in [0, 0.05) is 18.3 Å². The van der Waals surface area contributed by atoms with Crippen LogP contribution in [0.15, 0.2) is 53.7 Å². The number of unbranched alkanes of at least 4 members (excludes halogenated alkanes) is 1. The van der Waals surface area contributed by atoms with Crippen LogP contribution in [0.25, 0.3) is 0 Å². The topological polar surface area (TPSA) is 41.1 Å². The molecule has 2 rings (SSSR count). The number of anilines is 1. The second kappa shape index (κ2) is 8.39. The lowest BCUT2D eigenvalue weighted by Crippen LogP contribution is -2.22. The van der Waals surface area contributed by atoms with Crippen LogP contribution in [0.4, 0.5) is 5.69 Å². The van der Waals surface area contributed by atoms with Crippen molar-refractivity contribution in [2.45, 2.75) is 26.7 Å². The highest BCUT2D eigenvalue weighted by molar-refractivity contribution is 7.12. The number of benzene rings is 1. The molecule has 116 valence electrons. The number of hydrogen-bond acceptors (Lipinski definition) is 4. The van der Waals surface area contributed by atoms with Gasteiger partial charge < -0.3 is 10.6 Å². The Morgan fingerprint density at radius 3 is 2.64 bits per heavy atom. The fourth-order valence-corrected chi connectivity index (χ4v) is 2.58. The molecule has 0 aliphatic heterocycles. The molecule has 0 amide bonds. The molecule has 1 aromatic carbocycles. The minimum Gasteiger partial charge on any atom is -0.372 e. The van der Waals surface area contributed by atoms with Crippen molar-refractivity contribution < 1.29 is 4.79 Å². The van der Waals surface area contributed by atoms with Gasteiger partial charge in [0.25, 0.3) is 0 Å². The monoisotopic (exact) mass is 314 g/mol. The summed E-state index contributed by atoms with van der Waals surface area (Å²) < 4.78 is 0. The van der Waals surface area contributed by atoms with E-state index in [1.54, 1.807) is 6.08 Å². The molecule has 0 radical (unpaired) electrons. The number of ketones is 1. The van der Waals surface area contributed by atoms with E-state index in [0.717, 1.165) is 35.8 Å². The third-order valence-corrected chi connectivity index (χ3v) is 4.10. The van der Waals surface area contributed by atoms with Gasteiger partial charge >= 0.3 is 0 Å². The zero-order valence-corrected chi connectivity index (χ0v) is 13.9. The third-order valence-electron chi connectivity index (χ3n) is 3.22. The molecule has 1 heterocycles. The molecule has 3 nitrogen and oxygen atoms in total. The molecule has 0 saturated carbocycles. The Labute approximate surface area is 136 Å². The standard InChI is InChI=1S/C18H22N2OS/c1-3-4-11-19-18(13-16(21)17-6-5-12-22-17)20-15-9-7-14(2)8-10-15/h5-10,12-13,19-20H,3-4,11H2,1-2H3/b18-13+. The number of rotatable bonds is 8. The Bertz CT molecular complexity index is 615. The molecule has 0 aliphatic carbocycles. The molecule has 0 bridgehead atoms. The molecule has 2 aromatic rings. The molecule has 22 heavy (non-hydrogen) atoms. The normalized spacial score (nSPS) is 11.3. The Morgan fingerprint density at radius 2 is 2.00 bits per heavy atom. The number of aryl methyl sites for hydroxylation is 1. The van der Waals surface area contributed by atoms with Gasteiger partial charge in [-0.15, -0.1) is 11.3 Å². The van der Waals surface area contributed by atoms with Crippen molar-refractivity contribution in [1.29, 1.82) is 0 Å². The maximum atomic E-state index is 12.2. The quantitative estimate of drug-likeness (QED) is 0.425. The fraction of sp³-hybridized carbons (Fsp3) is 0.278. The number of hydrogen-bond donors (Lipinski definition) is 2. The summed E-state index contributed by atoms with van der Waals surface area (Å²) >= 11 is 1.46. The molecule has 0 spiro atoms. The van der Waals surface area contributed by atoms with Crippen molar-refractivity contribution in [3.8, 4) is 0 Å². The van der Waals surface area contributed by atoms with Gasteiger partial charge in [-0.25, -0.2) is 0 Å². The largest absolute Gasteiger partial charge is 0.372 e. The Balaban J connectivity index is 2.10. The first-order valence-electron chi connectivity index (χ1n) is 7.56. The van der Waals surface area contributed by atoms with Crippen LogP contribution >= 0.6 is 11.3 Å². The molecule has 4 heteroatoms. The average Bonchev–Trinajstić information content (AvgIpc) is 3.04. The van der Waals surface area contributed by atoms with Crippen molar-refractivity contribution in [2.75, 3.05) is 11.9 Å². The summed E-state index contributed by atoms with van der Waals surface area (Å²) in [5.41, 5.74) is 2.18. The first kappa shape index (κ1) is 16.3. The van der Waals surface area contributed by atoms with Crippen LogP contribution in [0.3, 0.4) is 0 Å². The third kappa shape index (κ3) is 5.04. The van der Waals surface area contributed by atoms with Crippen LogP contribution in [0.2, 0.25) is 0 Å². The molecule has 0 unspecified atom stereocenters. The van der Waals surface area contributed by atoms with Gasteiger partial charge in [0.1, 0.15) is 5.82 Å². The highest BCUT2D eigenvalue weighted by Gasteiger charge is 2.06. The van der Waals surface area contributed by atoms with Crippen LogP contribution in [0.5, 0.6) is 0 Å². The van der Waals surface area contributed by atoms with Gasteiger partial charge in [0.05, 0.1) is 4.88 Å². The maximum absolute atomic E-state index is 12.2.